The Morgan fingerprint density at radius 2 is 2.25 bits per heavy atom. The molecule has 3 N–H and O–H groups in total. The van der Waals surface area contributed by atoms with E-state index in [0.29, 0.717) is 18.7 Å². The molecular weight excluding hydrogens is 292 g/mol. The van der Waals surface area contributed by atoms with Crippen molar-refractivity contribution in [3.8, 4) is 0 Å². The predicted molar refractivity (Wildman–Crippen MR) is 82.2 cm³/mol. The molecule has 20 heavy (non-hydrogen) atoms. The number of carbonyl (C=O) groups excluding carboxylic acids is 1. The molecule has 0 fully saturated rings. The molecule has 0 aromatic carbocycles. The van der Waals surface area contributed by atoms with E-state index < -0.39 is 5.54 Å². The van der Waals surface area contributed by atoms with Gasteiger partial charge in [0.05, 0.1) is 10.5 Å². The standard InChI is InChI=1S/C13H18N4OS2/c1-8-6-15-12(20-8)13(2,3)17-11(18)9-7-19-10(16-9)4-5-14/h6-7H,4-5,14H2,1-3H3,(H,17,18). The van der Waals surface area contributed by atoms with Crippen molar-refractivity contribution < 1.29 is 4.79 Å². The zero-order chi connectivity index (χ0) is 14.8. The Balaban J connectivity index is 2.09. The van der Waals surface area contributed by atoms with Crippen molar-refractivity contribution in [3.63, 3.8) is 0 Å². The highest BCUT2D eigenvalue weighted by molar-refractivity contribution is 7.11. The Morgan fingerprint density at radius 1 is 1.50 bits per heavy atom. The summed E-state index contributed by atoms with van der Waals surface area (Å²) < 4.78 is 0. The van der Waals surface area contributed by atoms with Gasteiger partial charge >= 0.3 is 0 Å². The minimum absolute atomic E-state index is 0.178. The van der Waals surface area contributed by atoms with Gasteiger partial charge in [-0.2, -0.15) is 0 Å². The fraction of sp³-hybridized carbons (Fsp3) is 0.462. The van der Waals surface area contributed by atoms with Crippen LogP contribution in [0, 0.1) is 6.92 Å². The zero-order valence-electron chi connectivity index (χ0n) is 11.8. The van der Waals surface area contributed by atoms with Gasteiger partial charge in [0.1, 0.15) is 10.7 Å². The molecule has 0 aliphatic rings. The second-order valence-electron chi connectivity index (χ2n) is 5.02. The van der Waals surface area contributed by atoms with Crippen molar-refractivity contribution in [1.82, 2.24) is 15.3 Å². The number of amides is 1. The molecule has 0 saturated carbocycles. The van der Waals surface area contributed by atoms with Crippen LogP contribution in [0.4, 0.5) is 0 Å². The van der Waals surface area contributed by atoms with Crippen molar-refractivity contribution in [2.75, 3.05) is 6.54 Å². The molecule has 2 heterocycles. The predicted octanol–water partition coefficient (Wildman–Crippen LogP) is 2.07. The van der Waals surface area contributed by atoms with Gasteiger partial charge < -0.3 is 11.1 Å². The van der Waals surface area contributed by atoms with E-state index in [0.717, 1.165) is 14.9 Å². The lowest BCUT2D eigenvalue weighted by atomic mass is 10.1. The molecule has 7 heteroatoms. The first-order valence-electron chi connectivity index (χ1n) is 6.32. The first-order valence-corrected chi connectivity index (χ1v) is 8.02. The summed E-state index contributed by atoms with van der Waals surface area (Å²) in [4.78, 5) is 22.0. The lowest BCUT2D eigenvalue weighted by Gasteiger charge is -2.23. The summed E-state index contributed by atoms with van der Waals surface area (Å²) in [6.45, 7) is 6.42. The van der Waals surface area contributed by atoms with Gasteiger partial charge in [-0.1, -0.05) is 0 Å². The molecule has 108 valence electrons. The number of rotatable bonds is 5. The molecule has 2 aromatic rings. The monoisotopic (exact) mass is 310 g/mol. The number of thiazole rings is 2. The van der Waals surface area contributed by atoms with Crippen LogP contribution in [0.2, 0.25) is 0 Å². The summed E-state index contributed by atoms with van der Waals surface area (Å²) in [5.41, 5.74) is 5.42. The van der Waals surface area contributed by atoms with Crippen LogP contribution in [0.15, 0.2) is 11.6 Å². The van der Waals surface area contributed by atoms with E-state index in [2.05, 4.69) is 15.3 Å². The molecule has 0 unspecified atom stereocenters. The zero-order valence-corrected chi connectivity index (χ0v) is 13.4. The second-order valence-corrected chi connectivity index (χ2v) is 7.20. The molecule has 2 rings (SSSR count). The molecule has 0 spiro atoms. The average Bonchev–Trinajstić information content (AvgIpc) is 2.98. The number of hydrogen-bond donors (Lipinski definition) is 2. The van der Waals surface area contributed by atoms with Gasteiger partial charge in [-0.05, 0) is 27.3 Å². The average molecular weight is 310 g/mol. The first-order chi connectivity index (χ1) is 9.42. The SMILES string of the molecule is Cc1cnc(C(C)(C)NC(=O)c2csc(CCN)n2)s1. The molecule has 0 aliphatic heterocycles. The van der Waals surface area contributed by atoms with Crippen molar-refractivity contribution >= 4 is 28.6 Å². The molecule has 0 saturated heterocycles. The molecule has 5 nitrogen and oxygen atoms in total. The lowest BCUT2D eigenvalue weighted by molar-refractivity contribution is 0.0907. The van der Waals surface area contributed by atoms with Gasteiger partial charge in [0, 0.05) is 22.9 Å². The highest BCUT2D eigenvalue weighted by Crippen LogP contribution is 2.25. The Kier molecular flexibility index (Phi) is 4.52. The van der Waals surface area contributed by atoms with E-state index in [4.69, 9.17) is 5.73 Å². The third kappa shape index (κ3) is 3.41. The largest absolute Gasteiger partial charge is 0.339 e. The highest BCUT2D eigenvalue weighted by atomic mass is 32.1. The molecule has 0 bridgehead atoms. The fourth-order valence-corrected chi connectivity index (χ4v) is 3.31. The quantitative estimate of drug-likeness (QED) is 0.886. The molecular formula is C13H18N4OS2. The van der Waals surface area contributed by atoms with Crippen LogP contribution >= 0.6 is 22.7 Å². The number of nitrogens with zero attached hydrogens (tertiary/aromatic N) is 2. The summed E-state index contributed by atoms with van der Waals surface area (Å²) >= 11 is 3.05. The Morgan fingerprint density at radius 3 is 2.85 bits per heavy atom. The summed E-state index contributed by atoms with van der Waals surface area (Å²) in [6, 6.07) is 0. The molecule has 0 radical (unpaired) electrons. The van der Waals surface area contributed by atoms with Gasteiger partial charge in [-0.15, -0.1) is 22.7 Å². The van der Waals surface area contributed by atoms with Crippen LogP contribution in [0.5, 0.6) is 0 Å². The van der Waals surface area contributed by atoms with E-state index in [1.54, 1.807) is 16.7 Å². The number of aromatic nitrogens is 2. The minimum Gasteiger partial charge on any atom is -0.339 e. The van der Waals surface area contributed by atoms with Crippen molar-refractivity contribution in [2.45, 2.75) is 32.7 Å². The normalized spacial score (nSPS) is 11.6. The number of nitrogens with two attached hydrogens (primary N) is 1. The third-order valence-electron chi connectivity index (χ3n) is 2.72. The highest BCUT2D eigenvalue weighted by Gasteiger charge is 2.27. The lowest BCUT2D eigenvalue weighted by Crippen LogP contribution is -2.41. The van der Waals surface area contributed by atoms with Gasteiger partial charge in [0.15, 0.2) is 0 Å². The second kappa shape index (κ2) is 5.99. The molecule has 1 amide bonds. The van der Waals surface area contributed by atoms with Crippen LogP contribution in [0.3, 0.4) is 0 Å². The maximum Gasteiger partial charge on any atom is 0.271 e. The fourth-order valence-electron chi connectivity index (χ4n) is 1.70. The van der Waals surface area contributed by atoms with Gasteiger partial charge in [-0.25, -0.2) is 9.97 Å². The maximum absolute atomic E-state index is 12.2. The number of hydrogen-bond acceptors (Lipinski definition) is 6. The summed E-state index contributed by atoms with van der Waals surface area (Å²) in [5.74, 6) is -0.178. The minimum atomic E-state index is -0.506. The van der Waals surface area contributed by atoms with Crippen molar-refractivity contribution in [1.29, 1.82) is 0 Å². The smallest absolute Gasteiger partial charge is 0.271 e. The first kappa shape index (κ1) is 15.1. The Bertz CT molecular complexity index is 603. The summed E-state index contributed by atoms with van der Waals surface area (Å²) in [6.07, 6.45) is 2.52. The number of nitrogens with one attached hydrogen (secondary N) is 1. The van der Waals surface area contributed by atoms with Crippen LogP contribution in [-0.4, -0.2) is 22.4 Å². The third-order valence-corrected chi connectivity index (χ3v) is 4.87. The number of aryl methyl sites for hydroxylation is 1. The number of carbonyl (C=O) groups is 1. The van der Waals surface area contributed by atoms with Crippen molar-refractivity contribution in [3.05, 3.63) is 32.2 Å². The summed E-state index contributed by atoms with van der Waals surface area (Å²) in [5, 5.41) is 6.53. The van der Waals surface area contributed by atoms with Crippen molar-refractivity contribution in [2.24, 2.45) is 5.73 Å². The van der Waals surface area contributed by atoms with Crippen LogP contribution in [0.1, 0.15) is 39.2 Å². The van der Waals surface area contributed by atoms with E-state index in [9.17, 15) is 4.79 Å². The van der Waals surface area contributed by atoms with E-state index >= 15 is 0 Å². The van der Waals surface area contributed by atoms with Crippen LogP contribution in [0.25, 0.3) is 0 Å². The van der Waals surface area contributed by atoms with Gasteiger partial charge in [0.2, 0.25) is 0 Å². The molecule has 0 aliphatic carbocycles. The summed E-state index contributed by atoms with van der Waals surface area (Å²) in [7, 11) is 0. The van der Waals surface area contributed by atoms with E-state index in [1.807, 2.05) is 27.0 Å². The van der Waals surface area contributed by atoms with Crippen LogP contribution < -0.4 is 11.1 Å². The van der Waals surface area contributed by atoms with Gasteiger partial charge in [0.25, 0.3) is 5.91 Å². The van der Waals surface area contributed by atoms with Crippen LogP contribution in [-0.2, 0) is 12.0 Å². The van der Waals surface area contributed by atoms with E-state index in [-0.39, 0.29) is 5.91 Å². The topological polar surface area (TPSA) is 80.9 Å². The molecule has 2 aromatic heterocycles. The van der Waals surface area contributed by atoms with Gasteiger partial charge in [-0.3, -0.25) is 4.79 Å². The molecule has 0 atom stereocenters. The Labute approximate surface area is 126 Å². The van der Waals surface area contributed by atoms with E-state index in [1.165, 1.54) is 11.3 Å². The Hall–Kier alpha value is -1.31. The maximum atomic E-state index is 12.2.